The second-order valence-corrected chi connectivity index (χ2v) is 7.28. The van der Waals surface area contributed by atoms with Crippen LogP contribution >= 0.6 is 11.3 Å². The van der Waals surface area contributed by atoms with Crippen LogP contribution < -0.4 is 15.4 Å². The molecule has 1 amide bonds. The average Bonchev–Trinajstić information content (AvgIpc) is 2.92. The maximum Gasteiger partial charge on any atom is 0.256 e. The predicted molar refractivity (Wildman–Crippen MR) is 92.8 cm³/mol. The van der Waals surface area contributed by atoms with Crippen LogP contribution in [0.4, 0.5) is 5.00 Å². The number of phenols is 1. The SMILES string of the molecule is COc1cc([C@@H]2NC(=O)c3c(sc4c3CCN(C)C4)N2)ccc1O. The van der Waals surface area contributed by atoms with Gasteiger partial charge in [0.25, 0.3) is 5.91 Å². The van der Waals surface area contributed by atoms with E-state index in [-0.39, 0.29) is 17.8 Å². The van der Waals surface area contributed by atoms with E-state index in [1.165, 1.54) is 17.6 Å². The highest BCUT2D eigenvalue weighted by Crippen LogP contribution is 2.41. The van der Waals surface area contributed by atoms with Crippen LogP contribution in [0.1, 0.15) is 32.5 Å². The molecule has 6 nitrogen and oxygen atoms in total. The first kappa shape index (κ1) is 15.3. The Morgan fingerprint density at radius 1 is 1.38 bits per heavy atom. The second kappa shape index (κ2) is 5.68. The van der Waals surface area contributed by atoms with Gasteiger partial charge in [0.1, 0.15) is 11.2 Å². The summed E-state index contributed by atoms with van der Waals surface area (Å²) >= 11 is 1.66. The molecule has 24 heavy (non-hydrogen) atoms. The Balaban J connectivity index is 1.68. The molecule has 7 heteroatoms. The van der Waals surface area contributed by atoms with E-state index in [1.807, 2.05) is 0 Å². The molecule has 4 rings (SSSR count). The highest BCUT2D eigenvalue weighted by molar-refractivity contribution is 7.16. The standard InChI is InChI=1S/C17H19N3O3S/c1-20-6-5-10-13(8-20)24-17-14(10)16(22)18-15(19-17)9-3-4-11(21)12(7-9)23-2/h3-4,7,15,19,21H,5-6,8H2,1-2H3,(H,18,22)/t15-/m1/s1. The van der Waals surface area contributed by atoms with E-state index < -0.39 is 0 Å². The number of amides is 1. The number of nitrogens with zero attached hydrogens (tertiary/aromatic N) is 1. The summed E-state index contributed by atoms with van der Waals surface area (Å²) in [5.74, 6) is 0.433. The Hall–Kier alpha value is -2.25. The third-order valence-corrected chi connectivity index (χ3v) is 5.71. The van der Waals surface area contributed by atoms with Crippen molar-refractivity contribution in [2.45, 2.75) is 19.1 Å². The smallest absolute Gasteiger partial charge is 0.256 e. The van der Waals surface area contributed by atoms with Gasteiger partial charge in [-0.25, -0.2) is 0 Å². The van der Waals surface area contributed by atoms with E-state index in [9.17, 15) is 9.90 Å². The number of carbonyl (C=O) groups excluding carboxylic acids is 1. The Labute approximate surface area is 144 Å². The maximum atomic E-state index is 12.7. The Morgan fingerprint density at radius 3 is 3.00 bits per heavy atom. The number of likely N-dealkylation sites (N-methyl/N-ethyl adjacent to an activating group) is 1. The molecule has 3 N–H and O–H groups in total. The van der Waals surface area contributed by atoms with Gasteiger partial charge in [0.2, 0.25) is 0 Å². The molecule has 1 aromatic heterocycles. The van der Waals surface area contributed by atoms with E-state index in [1.54, 1.807) is 29.5 Å². The van der Waals surface area contributed by atoms with E-state index in [2.05, 4.69) is 22.6 Å². The molecule has 3 heterocycles. The van der Waals surface area contributed by atoms with Crippen LogP contribution in [-0.4, -0.2) is 36.6 Å². The Morgan fingerprint density at radius 2 is 2.21 bits per heavy atom. The summed E-state index contributed by atoms with van der Waals surface area (Å²) in [6, 6.07) is 5.09. The molecule has 0 spiro atoms. The normalized spacial score (nSPS) is 19.9. The van der Waals surface area contributed by atoms with Crippen LogP contribution in [0.3, 0.4) is 0 Å². The van der Waals surface area contributed by atoms with Crippen LogP contribution in [0.2, 0.25) is 0 Å². The minimum atomic E-state index is -0.336. The number of hydrogen-bond donors (Lipinski definition) is 3. The molecular formula is C17H19N3O3S. The first-order valence-corrected chi connectivity index (χ1v) is 8.66. The number of nitrogens with one attached hydrogen (secondary N) is 2. The zero-order valence-corrected chi connectivity index (χ0v) is 14.4. The second-order valence-electron chi connectivity index (χ2n) is 6.18. The summed E-state index contributed by atoms with van der Waals surface area (Å²) in [6.45, 7) is 1.86. The van der Waals surface area contributed by atoms with E-state index in [4.69, 9.17) is 4.74 Å². The van der Waals surface area contributed by atoms with Crippen molar-refractivity contribution in [1.82, 2.24) is 10.2 Å². The fourth-order valence-corrected chi connectivity index (χ4v) is 4.64. The third-order valence-electron chi connectivity index (χ3n) is 4.56. The van der Waals surface area contributed by atoms with Crippen molar-refractivity contribution < 1.29 is 14.6 Å². The topological polar surface area (TPSA) is 73.8 Å². The van der Waals surface area contributed by atoms with E-state index >= 15 is 0 Å². The van der Waals surface area contributed by atoms with E-state index in [0.717, 1.165) is 35.6 Å². The fourth-order valence-electron chi connectivity index (χ4n) is 3.28. The fraction of sp³-hybridized carbons (Fsp3) is 0.353. The molecule has 1 aromatic carbocycles. The van der Waals surface area contributed by atoms with Gasteiger partial charge in [-0.3, -0.25) is 4.79 Å². The molecule has 0 bridgehead atoms. The Bertz CT molecular complexity index is 818. The predicted octanol–water partition coefficient (Wildman–Crippen LogP) is 2.30. The highest BCUT2D eigenvalue weighted by Gasteiger charge is 2.32. The van der Waals surface area contributed by atoms with Crippen molar-refractivity contribution in [1.29, 1.82) is 0 Å². The molecule has 2 aliphatic rings. The number of anilines is 1. The van der Waals surface area contributed by atoms with Gasteiger partial charge in [0, 0.05) is 18.0 Å². The summed E-state index contributed by atoms with van der Waals surface area (Å²) in [7, 11) is 3.61. The summed E-state index contributed by atoms with van der Waals surface area (Å²) in [5.41, 5.74) is 2.82. The zero-order valence-electron chi connectivity index (χ0n) is 13.5. The minimum absolute atomic E-state index is 0.0390. The molecule has 2 aliphatic heterocycles. The summed E-state index contributed by atoms with van der Waals surface area (Å²) in [5, 5.41) is 17.1. The van der Waals surface area contributed by atoms with Crippen molar-refractivity contribution in [3.05, 3.63) is 39.8 Å². The van der Waals surface area contributed by atoms with Crippen molar-refractivity contribution in [2.24, 2.45) is 0 Å². The first-order chi connectivity index (χ1) is 11.6. The van der Waals surface area contributed by atoms with Crippen molar-refractivity contribution >= 4 is 22.2 Å². The first-order valence-electron chi connectivity index (χ1n) is 7.84. The number of phenolic OH excluding ortho intramolecular Hbond substituents is 1. The lowest BCUT2D eigenvalue weighted by Crippen LogP contribution is -2.38. The third kappa shape index (κ3) is 2.40. The lowest BCUT2D eigenvalue weighted by Gasteiger charge is -2.27. The Kier molecular flexibility index (Phi) is 3.62. The van der Waals surface area contributed by atoms with Crippen LogP contribution in [0.5, 0.6) is 11.5 Å². The number of benzene rings is 1. The minimum Gasteiger partial charge on any atom is -0.504 e. The highest BCUT2D eigenvalue weighted by atomic mass is 32.1. The molecular weight excluding hydrogens is 326 g/mol. The van der Waals surface area contributed by atoms with Gasteiger partial charge in [-0.05, 0) is 36.7 Å². The number of aromatic hydroxyl groups is 1. The molecule has 0 saturated heterocycles. The number of rotatable bonds is 2. The number of fused-ring (bicyclic) bond motifs is 3. The van der Waals surface area contributed by atoms with Gasteiger partial charge in [-0.2, -0.15) is 0 Å². The van der Waals surface area contributed by atoms with Crippen LogP contribution in [0.25, 0.3) is 0 Å². The van der Waals surface area contributed by atoms with Gasteiger partial charge in [-0.1, -0.05) is 6.07 Å². The van der Waals surface area contributed by atoms with Gasteiger partial charge < -0.3 is 25.4 Å². The molecule has 0 unspecified atom stereocenters. The largest absolute Gasteiger partial charge is 0.504 e. The number of ether oxygens (including phenoxy) is 1. The van der Waals surface area contributed by atoms with Gasteiger partial charge in [0.15, 0.2) is 11.5 Å². The van der Waals surface area contributed by atoms with Gasteiger partial charge >= 0.3 is 0 Å². The lowest BCUT2D eigenvalue weighted by molar-refractivity contribution is 0.0935. The zero-order chi connectivity index (χ0) is 16.8. The van der Waals surface area contributed by atoms with Gasteiger partial charge in [0.05, 0.1) is 12.7 Å². The van der Waals surface area contributed by atoms with E-state index in [0.29, 0.717) is 5.75 Å². The maximum absolute atomic E-state index is 12.7. The van der Waals surface area contributed by atoms with Crippen LogP contribution in [0.15, 0.2) is 18.2 Å². The number of hydrogen-bond acceptors (Lipinski definition) is 6. The summed E-state index contributed by atoms with van der Waals surface area (Å²) in [6.07, 6.45) is 0.571. The van der Waals surface area contributed by atoms with Crippen molar-refractivity contribution in [2.75, 3.05) is 26.0 Å². The number of thiophene rings is 1. The number of carbonyl (C=O) groups is 1. The van der Waals surface area contributed by atoms with Crippen LogP contribution in [0, 0.1) is 0 Å². The number of methoxy groups -OCH3 is 1. The molecule has 126 valence electrons. The molecule has 0 radical (unpaired) electrons. The van der Waals surface area contributed by atoms with Gasteiger partial charge in [-0.15, -0.1) is 11.3 Å². The molecule has 1 atom stereocenters. The van der Waals surface area contributed by atoms with Crippen molar-refractivity contribution in [3.63, 3.8) is 0 Å². The monoisotopic (exact) mass is 345 g/mol. The quantitative estimate of drug-likeness (QED) is 0.779. The van der Waals surface area contributed by atoms with Crippen molar-refractivity contribution in [3.8, 4) is 11.5 Å². The summed E-state index contributed by atoms with van der Waals surface area (Å²) in [4.78, 5) is 16.2. The molecule has 2 aromatic rings. The lowest BCUT2D eigenvalue weighted by atomic mass is 10.0. The molecule has 0 fully saturated rings. The average molecular weight is 345 g/mol. The summed E-state index contributed by atoms with van der Waals surface area (Å²) < 4.78 is 5.16. The molecule has 0 saturated carbocycles. The van der Waals surface area contributed by atoms with Crippen LogP contribution in [-0.2, 0) is 13.0 Å². The molecule has 0 aliphatic carbocycles.